The Labute approximate surface area is 108 Å². The molecule has 17 heavy (non-hydrogen) atoms. The van der Waals surface area contributed by atoms with E-state index in [2.05, 4.69) is 48.5 Å². The first-order valence-electron chi connectivity index (χ1n) is 7.04. The molecule has 0 aliphatic carbocycles. The molecule has 0 amide bonds. The van der Waals surface area contributed by atoms with Crippen molar-refractivity contribution < 1.29 is 9.31 Å². The fourth-order valence-electron chi connectivity index (χ4n) is 2.17. The second kappa shape index (κ2) is 4.93. The van der Waals surface area contributed by atoms with Crippen molar-refractivity contribution in [2.45, 2.75) is 90.7 Å². The predicted octanol–water partition coefficient (Wildman–Crippen LogP) is 4.44. The van der Waals surface area contributed by atoms with Crippen LogP contribution >= 0.6 is 0 Å². The summed E-state index contributed by atoms with van der Waals surface area (Å²) < 4.78 is 12.4. The molecule has 0 saturated carbocycles. The van der Waals surface area contributed by atoms with E-state index >= 15 is 0 Å². The predicted molar refractivity (Wildman–Crippen MR) is 74.3 cm³/mol. The number of hydrogen-bond donors (Lipinski definition) is 0. The first-order chi connectivity index (χ1) is 7.68. The highest BCUT2D eigenvalue weighted by atomic mass is 16.7. The van der Waals surface area contributed by atoms with E-state index < -0.39 is 0 Å². The Morgan fingerprint density at radius 2 is 1.47 bits per heavy atom. The average molecular weight is 240 g/mol. The third kappa shape index (κ3) is 2.87. The average Bonchev–Trinajstić information content (AvgIpc) is 2.45. The Morgan fingerprint density at radius 3 is 1.82 bits per heavy atom. The highest BCUT2D eigenvalue weighted by Gasteiger charge is 2.56. The monoisotopic (exact) mass is 240 g/mol. The topological polar surface area (TPSA) is 18.5 Å². The van der Waals surface area contributed by atoms with Crippen LogP contribution in [-0.4, -0.2) is 18.3 Å². The van der Waals surface area contributed by atoms with Gasteiger partial charge in [-0.1, -0.05) is 40.0 Å². The molecule has 1 fully saturated rings. The lowest BCUT2D eigenvalue weighted by atomic mass is 9.55. The fourth-order valence-corrected chi connectivity index (χ4v) is 2.17. The summed E-state index contributed by atoms with van der Waals surface area (Å²) in [6, 6.07) is 0. The molecule has 1 saturated heterocycles. The minimum atomic E-state index is -0.208. The summed E-state index contributed by atoms with van der Waals surface area (Å²) in [5.41, 5.74) is -0.416. The molecule has 0 N–H and O–H groups in total. The Balaban J connectivity index is 2.80. The van der Waals surface area contributed by atoms with E-state index in [1.54, 1.807) is 0 Å². The van der Waals surface area contributed by atoms with Crippen LogP contribution in [0.5, 0.6) is 0 Å². The minimum absolute atomic E-state index is 0.0657. The molecule has 0 radical (unpaired) electrons. The number of unbranched alkanes of at least 4 members (excludes halogenated alkanes) is 1. The zero-order chi connectivity index (χ0) is 13.3. The molecule has 2 nitrogen and oxygen atoms in total. The van der Waals surface area contributed by atoms with Crippen LogP contribution in [-0.2, 0) is 9.31 Å². The summed E-state index contributed by atoms with van der Waals surface area (Å²) in [4.78, 5) is 0. The van der Waals surface area contributed by atoms with Crippen molar-refractivity contribution in [2.24, 2.45) is 0 Å². The van der Waals surface area contributed by atoms with Crippen LogP contribution in [0.2, 0.25) is 5.31 Å². The SMILES string of the molecule is CCCCC(C)(CC)B1OC(C)(C)C(C)(C)O1. The van der Waals surface area contributed by atoms with Crippen LogP contribution in [0.4, 0.5) is 0 Å². The molecule has 1 atom stereocenters. The van der Waals surface area contributed by atoms with Crippen LogP contribution in [0.25, 0.3) is 0 Å². The van der Waals surface area contributed by atoms with Gasteiger partial charge in [0.2, 0.25) is 0 Å². The van der Waals surface area contributed by atoms with Gasteiger partial charge in [-0.05, 0) is 34.1 Å². The molecule has 1 heterocycles. The minimum Gasteiger partial charge on any atom is -0.403 e. The molecule has 0 aromatic rings. The van der Waals surface area contributed by atoms with E-state index in [1.807, 2.05) is 0 Å². The first-order valence-corrected chi connectivity index (χ1v) is 7.04. The van der Waals surface area contributed by atoms with Gasteiger partial charge in [0.15, 0.2) is 0 Å². The molecule has 100 valence electrons. The fraction of sp³-hybridized carbons (Fsp3) is 1.00. The third-order valence-electron chi connectivity index (χ3n) is 4.73. The van der Waals surface area contributed by atoms with Gasteiger partial charge in [0, 0.05) is 5.31 Å². The molecular formula is C14H29BO2. The van der Waals surface area contributed by atoms with E-state index in [4.69, 9.17) is 9.31 Å². The molecule has 3 heteroatoms. The van der Waals surface area contributed by atoms with E-state index in [0.29, 0.717) is 0 Å². The van der Waals surface area contributed by atoms with E-state index in [-0.39, 0.29) is 23.6 Å². The molecule has 0 aromatic heterocycles. The number of hydrogen-bond acceptors (Lipinski definition) is 2. The van der Waals surface area contributed by atoms with Gasteiger partial charge in [-0.3, -0.25) is 0 Å². The summed E-state index contributed by atoms with van der Waals surface area (Å²) in [6.07, 6.45) is 4.75. The Bertz CT molecular complexity index is 247. The summed E-state index contributed by atoms with van der Waals surface area (Å²) >= 11 is 0. The van der Waals surface area contributed by atoms with Crippen molar-refractivity contribution in [3.63, 3.8) is 0 Å². The van der Waals surface area contributed by atoms with Crippen molar-refractivity contribution in [1.82, 2.24) is 0 Å². The molecule has 1 aliphatic heterocycles. The zero-order valence-corrected chi connectivity index (χ0v) is 12.7. The standard InChI is InChI=1S/C14H29BO2/c1-8-10-11-14(7,9-2)15-16-12(3,4)13(5,6)17-15/h8-11H2,1-7H3. The maximum absolute atomic E-state index is 6.19. The summed E-state index contributed by atoms with van der Waals surface area (Å²) in [7, 11) is -0.0657. The van der Waals surface area contributed by atoms with Crippen LogP contribution in [0.3, 0.4) is 0 Å². The lowest BCUT2D eigenvalue weighted by Crippen LogP contribution is -2.41. The Morgan fingerprint density at radius 1 is 1.00 bits per heavy atom. The molecular weight excluding hydrogens is 211 g/mol. The van der Waals surface area contributed by atoms with Gasteiger partial charge in [-0.25, -0.2) is 0 Å². The van der Waals surface area contributed by atoms with Crippen molar-refractivity contribution in [3.8, 4) is 0 Å². The Hall–Kier alpha value is -0.0151. The van der Waals surface area contributed by atoms with Gasteiger partial charge < -0.3 is 9.31 Å². The second-order valence-corrected chi connectivity index (χ2v) is 6.70. The van der Waals surface area contributed by atoms with Gasteiger partial charge in [-0.2, -0.15) is 0 Å². The van der Waals surface area contributed by atoms with Crippen molar-refractivity contribution in [2.75, 3.05) is 0 Å². The highest BCUT2D eigenvalue weighted by Crippen LogP contribution is 2.48. The summed E-state index contributed by atoms with van der Waals surface area (Å²) in [6.45, 7) is 15.3. The van der Waals surface area contributed by atoms with Crippen LogP contribution in [0.15, 0.2) is 0 Å². The molecule has 1 aliphatic rings. The van der Waals surface area contributed by atoms with Gasteiger partial charge in [-0.15, -0.1) is 0 Å². The highest BCUT2D eigenvalue weighted by molar-refractivity contribution is 6.49. The quantitative estimate of drug-likeness (QED) is 0.661. The first kappa shape index (κ1) is 15.0. The summed E-state index contributed by atoms with van der Waals surface area (Å²) in [5.74, 6) is 0. The van der Waals surface area contributed by atoms with Gasteiger partial charge in [0.05, 0.1) is 11.2 Å². The molecule has 0 aromatic carbocycles. The molecule has 1 rings (SSSR count). The zero-order valence-electron chi connectivity index (χ0n) is 12.7. The van der Waals surface area contributed by atoms with Crippen molar-refractivity contribution >= 4 is 7.12 Å². The number of rotatable bonds is 5. The van der Waals surface area contributed by atoms with Crippen LogP contribution in [0.1, 0.15) is 74.1 Å². The van der Waals surface area contributed by atoms with Crippen molar-refractivity contribution in [3.05, 3.63) is 0 Å². The lowest BCUT2D eigenvalue weighted by molar-refractivity contribution is 0.00578. The van der Waals surface area contributed by atoms with E-state index in [1.165, 1.54) is 19.3 Å². The second-order valence-electron chi connectivity index (χ2n) is 6.70. The Kier molecular flexibility index (Phi) is 4.36. The molecule has 0 spiro atoms. The largest absolute Gasteiger partial charge is 0.464 e. The van der Waals surface area contributed by atoms with Crippen LogP contribution in [0, 0.1) is 0 Å². The van der Waals surface area contributed by atoms with E-state index in [0.717, 1.165) is 6.42 Å². The molecule has 1 unspecified atom stereocenters. The van der Waals surface area contributed by atoms with Crippen LogP contribution < -0.4 is 0 Å². The maximum atomic E-state index is 6.19. The normalized spacial score (nSPS) is 25.9. The van der Waals surface area contributed by atoms with Gasteiger partial charge >= 0.3 is 7.12 Å². The smallest absolute Gasteiger partial charge is 0.403 e. The molecule has 0 bridgehead atoms. The van der Waals surface area contributed by atoms with Gasteiger partial charge in [0.25, 0.3) is 0 Å². The van der Waals surface area contributed by atoms with E-state index in [9.17, 15) is 0 Å². The van der Waals surface area contributed by atoms with Crippen molar-refractivity contribution in [1.29, 1.82) is 0 Å². The maximum Gasteiger partial charge on any atom is 0.464 e. The summed E-state index contributed by atoms with van der Waals surface area (Å²) in [5, 5.41) is 0.140. The van der Waals surface area contributed by atoms with Gasteiger partial charge in [0.1, 0.15) is 0 Å². The third-order valence-corrected chi connectivity index (χ3v) is 4.73. The lowest BCUT2D eigenvalue weighted by Gasteiger charge is -2.32.